The Kier molecular flexibility index (Phi) is 5.92. The minimum absolute atomic E-state index is 0.291. The van der Waals surface area contributed by atoms with Gasteiger partial charge in [-0.25, -0.2) is 14.7 Å². The number of amides is 2. The number of ether oxygens (including phenoxy) is 1. The second-order valence-electron chi connectivity index (χ2n) is 6.61. The van der Waals surface area contributed by atoms with Crippen molar-refractivity contribution in [3.05, 3.63) is 67.1 Å². The molecule has 0 atom stereocenters. The topological polar surface area (TPSA) is 92.3 Å². The lowest BCUT2D eigenvalue weighted by atomic mass is 10.1. The molecule has 2 aromatic heterocycles. The number of urea groups is 1. The Morgan fingerprint density at radius 2 is 1.76 bits per heavy atom. The number of carbonyl (C=O) groups is 1. The lowest BCUT2D eigenvalue weighted by Gasteiger charge is -2.25. The Hall–Kier alpha value is -3.52. The van der Waals surface area contributed by atoms with Crippen molar-refractivity contribution in [1.29, 1.82) is 0 Å². The Balaban J connectivity index is 1.60. The summed E-state index contributed by atoms with van der Waals surface area (Å²) in [5, 5.41) is 6.29. The molecule has 8 heteroatoms. The number of hydrogen-bond donors (Lipinski definition) is 2. The van der Waals surface area contributed by atoms with Crippen molar-refractivity contribution in [2.75, 3.05) is 28.7 Å². The van der Waals surface area contributed by atoms with E-state index >= 15 is 0 Å². The van der Waals surface area contributed by atoms with E-state index in [1.165, 1.54) is 4.90 Å². The van der Waals surface area contributed by atoms with E-state index in [-0.39, 0.29) is 6.03 Å². The second kappa shape index (κ2) is 9.11. The van der Waals surface area contributed by atoms with Crippen LogP contribution < -0.4 is 15.5 Å². The summed E-state index contributed by atoms with van der Waals surface area (Å²) in [6.07, 6.45) is 6.74. The fourth-order valence-corrected chi connectivity index (χ4v) is 3.10. The maximum absolute atomic E-state index is 13.1. The zero-order chi connectivity index (χ0) is 19.9. The third-order valence-electron chi connectivity index (χ3n) is 4.57. The highest BCUT2D eigenvalue weighted by Gasteiger charge is 2.22. The van der Waals surface area contributed by atoms with Gasteiger partial charge < -0.3 is 15.4 Å². The van der Waals surface area contributed by atoms with Crippen LogP contribution in [0.25, 0.3) is 0 Å². The van der Waals surface area contributed by atoms with Crippen LogP contribution in [0.1, 0.15) is 12.8 Å². The minimum atomic E-state index is -0.356. The first-order valence-corrected chi connectivity index (χ1v) is 9.53. The molecule has 29 heavy (non-hydrogen) atoms. The molecule has 3 heterocycles. The third kappa shape index (κ3) is 4.85. The third-order valence-corrected chi connectivity index (χ3v) is 4.57. The van der Waals surface area contributed by atoms with Gasteiger partial charge in [0.2, 0.25) is 5.95 Å². The average molecular weight is 390 g/mol. The van der Waals surface area contributed by atoms with Gasteiger partial charge in [-0.3, -0.25) is 4.98 Å². The Morgan fingerprint density at radius 3 is 2.52 bits per heavy atom. The van der Waals surface area contributed by atoms with E-state index in [0.29, 0.717) is 29.2 Å². The van der Waals surface area contributed by atoms with E-state index in [0.717, 1.165) is 26.1 Å². The van der Waals surface area contributed by atoms with E-state index in [4.69, 9.17) is 4.74 Å². The molecule has 0 radical (unpaired) electrons. The minimum Gasteiger partial charge on any atom is -0.381 e. The average Bonchev–Trinajstić information content (AvgIpc) is 2.76. The van der Waals surface area contributed by atoms with Crippen molar-refractivity contribution in [3.8, 4) is 0 Å². The van der Waals surface area contributed by atoms with E-state index in [1.54, 1.807) is 30.7 Å². The lowest BCUT2D eigenvalue weighted by Crippen LogP contribution is -2.33. The van der Waals surface area contributed by atoms with Gasteiger partial charge in [0.05, 0.1) is 5.69 Å². The van der Waals surface area contributed by atoms with Crippen LogP contribution in [0, 0.1) is 0 Å². The fraction of sp³-hybridized carbons (Fsp3) is 0.238. The molecule has 2 amide bonds. The summed E-state index contributed by atoms with van der Waals surface area (Å²) >= 11 is 0. The van der Waals surface area contributed by atoms with Crippen molar-refractivity contribution < 1.29 is 9.53 Å². The number of para-hydroxylation sites is 1. The molecule has 0 bridgehead atoms. The van der Waals surface area contributed by atoms with Crippen molar-refractivity contribution in [2.24, 2.45) is 0 Å². The second-order valence-corrected chi connectivity index (χ2v) is 6.61. The first kappa shape index (κ1) is 18.8. The zero-order valence-corrected chi connectivity index (χ0v) is 15.9. The predicted octanol–water partition coefficient (Wildman–Crippen LogP) is 3.83. The fourth-order valence-electron chi connectivity index (χ4n) is 3.10. The van der Waals surface area contributed by atoms with E-state index in [9.17, 15) is 4.79 Å². The van der Waals surface area contributed by atoms with Crippen LogP contribution in [0.15, 0.2) is 67.1 Å². The molecule has 3 aromatic rings. The molecule has 0 unspecified atom stereocenters. The van der Waals surface area contributed by atoms with Gasteiger partial charge in [-0.15, -0.1) is 0 Å². The molecule has 1 aromatic carbocycles. The molecule has 8 nitrogen and oxygen atoms in total. The van der Waals surface area contributed by atoms with Gasteiger partial charge >= 0.3 is 6.03 Å². The molecule has 0 aliphatic carbocycles. The van der Waals surface area contributed by atoms with Gasteiger partial charge in [0.1, 0.15) is 5.82 Å². The van der Waals surface area contributed by atoms with Crippen LogP contribution in [0.5, 0.6) is 0 Å². The largest absolute Gasteiger partial charge is 0.381 e. The summed E-state index contributed by atoms with van der Waals surface area (Å²) in [5.74, 6) is 0.972. The molecule has 4 rings (SSSR count). The predicted molar refractivity (Wildman–Crippen MR) is 111 cm³/mol. The quantitative estimate of drug-likeness (QED) is 0.688. The molecule has 1 fully saturated rings. The zero-order valence-electron chi connectivity index (χ0n) is 15.9. The van der Waals surface area contributed by atoms with E-state index in [2.05, 4.69) is 25.6 Å². The Bertz CT molecular complexity index is 932. The molecule has 1 saturated heterocycles. The van der Waals surface area contributed by atoms with Gasteiger partial charge in [0, 0.05) is 43.5 Å². The van der Waals surface area contributed by atoms with Gasteiger partial charge in [0.15, 0.2) is 0 Å². The summed E-state index contributed by atoms with van der Waals surface area (Å²) in [6, 6.07) is 14.5. The maximum atomic E-state index is 13.1. The number of aromatic nitrogens is 3. The normalized spacial score (nSPS) is 14.2. The highest BCUT2D eigenvalue weighted by Crippen LogP contribution is 2.24. The van der Waals surface area contributed by atoms with Gasteiger partial charge in [-0.1, -0.05) is 18.2 Å². The maximum Gasteiger partial charge on any atom is 0.333 e. The number of carbonyl (C=O) groups excluding carboxylic acids is 1. The number of nitrogens with zero attached hydrogens (tertiary/aromatic N) is 4. The first-order valence-electron chi connectivity index (χ1n) is 9.53. The Morgan fingerprint density at radius 1 is 1.00 bits per heavy atom. The molecule has 148 valence electrons. The number of nitrogens with one attached hydrogen (secondary N) is 2. The highest BCUT2D eigenvalue weighted by molar-refractivity contribution is 6.05. The Labute approximate surface area is 169 Å². The van der Waals surface area contributed by atoms with Crippen LogP contribution in [0.4, 0.5) is 27.9 Å². The van der Waals surface area contributed by atoms with Crippen molar-refractivity contribution >= 4 is 29.2 Å². The summed E-state index contributed by atoms with van der Waals surface area (Å²) in [7, 11) is 0. The van der Waals surface area contributed by atoms with Crippen LogP contribution in [0.2, 0.25) is 0 Å². The van der Waals surface area contributed by atoms with Crippen molar-refractivity contribution in [3.63, 3.8) is 0 Å². The molecule has 0 spiro atoms. The van der Waals surface area contributed by atoms with Crippen molar-refractivity contribution in [2.45, 2.75) is 18.9 Å². The first-order chi connectivity index (χ1) is 14.3. The molecule has 0 saturated carbocycles. The summed E-state index contributed by atoms with van der Waals surface area (Å²) in [5.41, 5.74) is 1.31. The number of benzene rings is 1. The van der Waals surface area contributed by atoms with E-state index < -0.39 is 0 Å². The molecular weight excluding hydrogens is 368 g/mol. The smallest absolute Gasteiger partial charge is 0.333 e. The van der Waals surface area contributed by atoms with E-state index in [1.807, 2.05) is 36.4 Å². The summed E-state index contributed by atoms with van der Waals surface area (Å²) < 4.78 is 5.41. The van der Waals surface area contributed by atoms with Crippen LogP contribution in [-0.4, -0.2) is 40.2 Å². The van der Waals surface area contributed by atoms with Gasteiger partial charge in [-0.05, 0) is 43.2 Å². The van der Waals surface area contributed by atoms with Gasteiger partial charge in [-0.2, -0.15) is 4.98 Å². The molecule has 1 aliphatic heterocycles. The SMILES string of the molecule is O=C(Nc1ccncc1)N(c1ccccc1)c1nccc(NC2CCOCC2)n1. The van der Waals surface area contributed by atoms with Gasteiger partial charge in [0.25, 0.3) is 0 Å². The number of pyridine rings is 1. The highest BCUT2D eigenvalue weighted by atomic mass is 16.5. The number of rotatable bonds is 5. The van der Waals surface area contributed by atoms with Crippen LogP contribution in [-0.2, 0) is 4.74 Å². The molecular formula is C21H22N6O2. The number of anilines is 4. The molecule has 1 aliphatic rings. The standard InChI is InChI=1S/C21H22N6O2/c28-21(25-16-6-11-22-12-7-16)27(18-4-2-1-3-5-18)20-23-13-8-19(26-20)24-17-9-14-29-15-10-17/h1-8,11-13,17H,9-10,14-15H2,(H,22,25,28)(H,23,24,26). The lowest BCUT2D eigenvalue weighted by molar-refractivity contribution is 0.0904. The number of hydrogen-bond acceptors (Lipinski definition) is 6. The molecule has 2 N–H and O–H groups in total. The monoisotopic (exact) mass is 390 g/mol. The van der Waals surface area contributed by atoms with Crippen molar-refractivity contribution in [1.82, 2.24) is 15.0 Å². The van der Waals surface area contributed by atoms with Crippen LogP contribution >= 0.6 is 0 Å². The summed E-state index contributed by atoms with van der Waals surface area (Å²) in [4.78, 5) is 27.5. The van der Waals surface area contributed by atoms with Crippen LogP contribution in [0.3, 0.4) is 0 Å². The summed E-state index contributed by atoms with van der Waals surface area (Å²) in [6.45, 7) is 1.47.